The van der Waals surface area contributed by atoms with Crippen molar-refractivity contribution in [3.8, 4) is 11.8 Å². The SMILES string of the molecule is COc1ccc(Cl)cc1Nc1nncc(Nc2cccc(C#N)c2)n1. The van der Waals surface area contributed by atoms with Crippen LogP contribution in [0.4, 0.5) is 23.1 Å². The molecule has 0 unspecified atom stereocenters. The molecule has 2 N–H and O–H groups in total. The maximum atomic E-state index is 8.96. The summed E-state index contributed by atoms with van der Waals surface area (Å²) >= 11 is 6.02. The first-order valence-electron chi connectivity index (χ1n) is 7.25. The highest BCUT2D eigenvalue weighted by molar-refractivity contribution is 6.31. The highest BCUT2D eigenvalue weighted by Crippen LogP contribution is 2.29. The maximum Gasteiger partial charge on any atom is 0.249 e. The Kier molecular flexibility index (Phi) is 4.92. The Hall–Kier alpha value is -3.37. The number of nitriles is 1. The summed E-state index contributed by atoms with van der Waals surface area (Å²) < 4.78 is 5.28. The first-order valence-corrected chi connectivity index (χ1v) is 7.63. The maximum absolute atomic E-state index is 8.96. The molecule has 0 spiro atoms. The molecule has 2 aromatic carbocycles. The van der Waals surface area contributed by atoms with Gasteiger partial charge in [0.15, 0.2) is 5.82 Å². The van der Waals surface area contributed by atoms with Crippen molar-refractivity contribution in [2.24, 2.45) is 0 Å². The summed E-state index contributed by atoms with van der Waals surface area (Å²) in [6.07, 6.45) is 1.49. The van der Waals surface area contributed by atoms with Crippen molar-refractivity contribution in [1.82, 2.24) is 15.2 Å². The van der Waals surface area contributed by atoms with E-state index in [1.54, 1.807) is 43.5 Å². The molecule has 7 nitrogen and oxygen atoms in total. The number of hydrogen-bond donors (Lipinski definition) is 2. The fourth-order valence-electron chi connectivity index (χ4n) is 2.13. The molecule has 0 aliphatic rings. The predicted molar refractivity (Wildman–Crippen MR) is 95.6 cm³/mol. The first kappa shape index (κ1) is 16.5. The van der Waals surface area contributed by atoms with Crippen LogP contribution in [0.25, 0.3) is 0 Å². The lowest BCUT2D eigenvalue weighted by molar-refractivity contribution is 0.417. The highest BCUT2D eigenvalue weighted by atomic mass is 35.5. The Morgan fingerprint density at radius 3 is 2.84 bits per heavy atom. The van der Waals surface area contributed by atoms with Crippen molar-refractivity contribution < 1.29 is 4.74 Å². The van der Waals surface area contributed by atoms with Crippen molar-refractivity contribution in [2.75, 3.05) is 17.7 Å². The van der Waals surface area contributed by atoms with Crippen LogP contribution in [0.2, 0.25) is 5.02 Å². The number of nitrogens with one attached hydrogen (secondary N) is 2. The topological polar surface area (TPSA) is 95.8 Å². The minimum Gasteiger partial charge on any atom is -0.495 e. The van der Waals surface area contributed by atoms with E-state index in [0.29, 0.717) is 27.8 Å². The molecule has 0 saturated heterocycles. The van der Waals surface area contributed by atoms with Gasteiger partial charge in [-0.3, -0.25) is 0 Å². The summed E-state index contributed by atoms with van der Waals surface area (Å²) in [7, 11) is 1.56. The van der Waals surface area contributed by atoms with Crippen molar-refractivity contribution in [3.63, 3.8) is 0 Å². The van der Waals surface area contributed by atoms with Crippen molar-refractivity contribution in [3.05, 3.63) is 59.2 Å². The lowest BCUT2D eigenvalue weighted by Crippen LogP contribution is -2.03. The van der Waals surface area contributed by atoms with Gasteiger partial charge in [0.2, 0.25) is 5.95 Å². The summed E-state index contributed by atoms with van der Waals surface area (Å²) in [5.41, 5.74) is 1.90. The molecule has 0 aliphatic heterocycles. The van der Waals surface area contributed by atoms with E-state index in [4.69, 9.17) is 21.6 Å². The molecule has 0 aliphatic carbocycles. The smallest absolute Gasteiger partial charge is 0.249 e. The van der Waals surface area contributed by atoms with E-state index in [2.05, 4.69) is 31.9 Å². The van der Waals surface area contributed by atoms with E-state index < -0.39 is 0 Å². The molecule has 0 bridgehead atoms. The average molecular weight is 353 g/mol. The van der Waals surface area contributed by atoms with Gasteiger partial charge in [-0.1, -0.05) is 17.7 Å². The minimum atomic E-state index is 0.280. The lowest BCUT2D eigenvalue weighted by Gasteiger charge is -2.11. The molecule has 3 aromatic rings. The minimum absolute atomic E-state index is 0.280. The molecular weight excluding hydrogens is 340 g/mol. The van der Waals surface area contributed by atoms with E-state index in [1.165, 1.54) is 6.20 Å². The largest absolute Gasteiger partial charge is 0.495 e. The Morgan fingerprint density at radius 2 is 2.04 bits per heavy atom. The van der Waals surface area contributed by atoms with Crippen LogP contribution >= 0.6 is 11.6 Å². The Balaban J connectivity index is 1.82. The summed E-state index contributed by atoms with van der Waals surface area (Å²) in [4.78, 5) is 4.35. The number of methoxy groups -OCH3 is 1. The molecular formula is C17H13ClN6O. The molecule has 25 heavy (non-hydrogen) atoms. The van der Waals surface area contributed by atoms with Crippen molar-refractivity contribution in [1.29, 1.82) is 5.26 Å². The Bertz CT molecular complexity index is 940. The number of anilines is 4. The third kappa shape index (κ3) is 4.13. The number of benzene rings is 2. The van der Waals surface area contributed by atoms with Gasteiger partial charge in [-0.05, 0) is 36.4 Å². The van der Waals surface area contributed by atoms with Gasteiger partial charge >= 0.3 is 0 Å². The number of rotatable bonds is 5. The van der Waals surface area contributed by atoms with Crippen LogP contribution in [0.1, 0.15) is 5.56 Å². The van der Waals surface area contributed by atoms with Gasteiger partial charge in [-0.2, -0.15) is 15.3 Å². The highest BCUT2D eigenvalue weighted by Gasteiger charge is 2.07. The number of nitrogens with zero attached hydrogens (tertiary/aromatic N) is 4. The first-order chi connectivity index (χ1) is 12.2. The van der Waals surface area contributed by atoms with Gasteiger partial charge in [-0.15, -0.1) is 5.10 Å². The van der Waals surface area contributed by atoms with Crippen LogP contribution in [0.3, 0.4) is 0 Å². The molecule has 3 rings (SSSR count). The third-order valence-electron chi connectivity index (χ3n) is 3.23. The Morgan fingerprint density at radius 1 is 1.16 bits per heavy atom. The van der Waals surface area contributed by atoms with E-state index in [-0.39, 0.29) is 5.95 Å². The molecule has 0 atom stereocenters. The fraction of sp³-hybridized carbons (Fsp3) is 0.0588. The molecule has 8 heteroatoms. The second kappa shape index (κ2) is 7.47. The standard InChI is InChI=1S/C17H13ClN6O/c1-25-15-6-5-12(18)8-14(15)22-17-23-16(10-20-24-17)21-13-4-2-3-11(7-13)9-19/h2-8,10H,1H3,(H2,21,22,23,24). The predicted octanol–water partition coefficient (Wildman–Crippen LogP) is 3.89. The second-order valence-electron chi connectivity index (χ2n) is 4.95. The van der Waals surface area contributed by atoms with Gasteiger partial charge < -0.3 is 15.4 Å². The summed E-state index contributed by atoms with van der Waals surface area (Å²) in [5, 5.41) is 23.5. The van der Waals surface area contributed by atoms with E-state index >= 15 is 0 Å². The van der Waals surface area contributed by atoms with Gasteiger partial charge in [0.1, 0.15) is 5.75 Å². The van der Waals surface area contributed by atoms with Gasteiger partial charge in [-0.25, -0.2) is 0 Å². The summed E-state index contributed by atoms with van der Waals surface area (Å²) in [6, 6.07) is 14.3. The van der Waals surface area contributed by atoms with E-state index in [1.807, 2.05) is 6.07 Å². The normalized spacial score (nSPS) is 9.96. The third-order valence-corrected chi connectivity index (χ3v) is 3.47. The van der Waals surface area contributed by atoms with Crippen LogP contribution in [-0.2, 0) is 0 Å². The van der Waals surface area contributed by atoms with E-state index in [9.17, 15) is 0 Å². The molecule has 1 heterocycles. The zero-order chi connectivity index (χ0) is 17.6. The molecule has 0 saturated carbocycles. The van der Waals surface area contributed by atoms with Crippen LogP contribution in [0.5, 0.6) is 5.75 Å². The van der Waals surface area contributed by atoms with Gasteiger partial charge in [0, 0.05) is 10.7 Å². The number of aromatic nitrogens is 3. The van der Waals surface area contributed by atoms with Crippen LogP contribution < -0.4 is 15.4 Å². The summed E-state index contributed by atoms with van der Waals surface area (Å²) in [5.74, 6) is 1.36. The average Bonchev–Trinajstić information content (AvgIpc) is 2.62. The summed E-state index contributed by atoms with van der Waals surface area (Å²) in [6.45, 7) is 0. The second-order valence-corrected chi connectivity index (χ2v) is 5.39. The lowest BCUT2D eigenvalue weighted by atomic mass is 10.2. The molecule has 0 fully saturated rings. The van der Waals surface area contributed by atoms with Crippen LogP contribution in [-0.4, -0.2) is 22.3 Å². The monoisotopic (exact) mass is 352 g/mol. The van der Waals surface area contributed by atoms with Crippen molar-refractivity contribution in [2.45, 2.75) is 0 Å². The Labute approximate surface area is 149 Å². The van der Waals surface area contributed by atoms with Gasteiger partial charge in [0.05, 0.1) is 30.6 Å². The molecule has 0 radical (unpaired) electrons. The van der Waals surface area contributed by atoms with Crippen molar-refractivity contribution >= 4 is 34.7 Å². The fourth-order valence-corrected chi connectivity index (χ4v) is 2.30. The zero-order valence-electron chi connectivity index (χ0n) is 13.2. The molecule has 0 amide bonds. The van der Waals surface area contributed by atoms with Crippen LogP contribution in [0, 0.1) is 11.3 Å². The molecule has 124 valence electrons. The number of hydrogen-bond acceptors (Lipinski definition) is 7. The zero-order valence-corrected chi connectivity index (χ0v) is 13.9. The van der Waals surface area contributed by atoms with Gasteiger partial charge in [0.25, 0.3) is 0 Å². The molecule has 1 aromatic heterocycles. The van der Waals surface area contributed by atoms with E-state index in [0.717, 1.165) is 5.69 Å². The number of ether oxygens (including phenoxy) is 1. The quantitative estimate of drug-likeness (QED) is 0.719. The van der Waals surface area contributed by atoms with Crippen LogP contribution in [0.15, 0.2) is 48.7 Å². The number of halogens is 1.